The van der Waals surface area contributed by atoms with Crippen LogP contribution in [-0.4, -0.2) is 0 Å². The second kappa shape index (κ2) is 12.7. The number of hydrogen-bond donors (Lipinski definition) is 0. The van der Waals surface area contributed by atoms with Gasteiger partial charge in [0.1, 0.15) is 0 Å². The summed E-state index contributed by atoms with van der Waals surface area (Å²) in [7, 11) is 0. The van der Waals surface area contributed by atoms with Crippen molar-refractivity contribution in [2.75, 3.05) is 0 Å². The van der Waals surface area contributed by atoms with E-state index < -0.39 is 0 Å². The highest BCUT2D eigenvalue weighted by Gasteiger charge is 1.99. The van der Waals surface area contributed by atoms with E-state index in [0.717, 1.165) is 12.8 Å². The Balaban J connectivity index is 1.13. The Morgan fingerprint density at radius 1 is 0.310 bits per heavy atom. The smallest absolute Gasteiger partial charge is 0.0178 e. The molecule has 0 bridgehead atoms. The summed E-state index contributed by atoms with van der Waals surface area (Å²) in [6.07, 6.45) is 15.3. The van der Waals surface area contributed by atoms with E-state index in [-0.39, 0.29) is 0 Å². The molecule has 0 aliphatic rings. The van der Waals surface area contributed by atoms with Gasteiger partial charge in [-0.25, -0.2) is 0 Å². The molecule has 204 valence electrons. The van der Waals surface area contributed by atoms with Gasteiger partial charge in [0, 0.05) is 0 Å². The normalized spacial score (nSPS) is 12.0. The van der Waals surface area contributed by atoms with E-state index in [2.05, 4.69) is 172 Å². The van der Waals surface area contributed by atoms with Gasteiger partial charge in [-0.05, 0) is 103 Å². The highest BCUT2D eigenvalue weighted by Crippen LogP contribution is 2.23. The predicted octanol–water partition coefficient (Wildman–Crippen LogP) is 11.6. The fourth-order valence-corrected chi connectivity index (χ4v) is 5.29. The SMILES string of the molecule is CCc1ccc(C=Cc2ccc3cc(C=Cc4ccc5cc(C=Cc6ccc(CC)cc6)ccc5c4)ccc3c2)cc1. The average molecular weight is 541 g/mol. The molecule has 0 atom stereocenters. The third-order valence-corrected chi connectivity index (χ3v) is 7.96. The van der Waals surface area contributed by atoms with Crippen LogP contribution in [0.2, 0.25) is 0 Å². The van der Waals surface area contributed by atoms with Crippen molar-refractivity contribution in [3.63, 3.8) is 0 Å². The topological polar surface area (TPSA) is 0 Å². The van der Waals surface area contributed by atoms with Crippen LogP contribution < -0.4 is 0 Å². The quantitative estimate of drug-likeness (QED) is 0.168. The summed E-state index contributed by atoms with van der Waals surface area (Å²) in [5.74, 6) is 0. The Bertz CT molecular complexity index is 1770. The molecule has 0 unspecified atom stereocenters. The molecule has 0 amide bonds. The highest BCUT2D eigenvalue weighted by atomic mass is 14.0. The van der Waals surface area contributed by atoms with E-state index in [1.54, 1.807) is 0 Å². The molecule has 0 heterocycles. The van der Waals surface area contributed by atoms with Crippen LogP contribution in [0.15, 0.2) is 121 Å². The summed E-state index contributed by atoms with van der Waals surface area (Å²) in [4.78, 5) is 0. The first-order chi connectivity index (χ1) is 20.6. The van der Waals surface area contributed by atoms with Crippen molar-refractivity contribution in [3.05, 3.63) is 166 Å². The maximum Gasteiger partial charge on any atom is -0.0178 e. The highest BCUT2D eigenvalue weighted by molar-refractivity contribution is 5.91. The standard InChI is InChI=1S/C42H36/c1-3-31-5-9-33(10-6-31)13-15-35-19-23-41-29-37(21-25-39(41)27-35)17-18-38-22-26-40-28-36(20-24-42(40)30-38)16-14-34-11-7-32(4-2)8-12-34/h5-30H,3-4H2,1-2H3. The Labute approximate surface area is 250 Å². The van der Waals surface area contributed by atoms with Crippen LogP contribution in [0.1, 0.15) is 58.4 Å². The van der Waals surface area contributed by atoms with Gasteiger partial charge in [-0.2, -0.15) is 0 Å². The molecule has 0 N–H and O–H groups in total. The molecular weight excluding hydrogens is 504 g/mol. The van der Waals surface area contributed by atoms with Crippen LogP contribution in [0.4, 0.5) is 0 Å². The van der Waals surface area contributed by atoms with E-state index in [4.69, 9.17) is 0 Å². The fraction of sp³-hybridized carbons (Fsp3) is 0.0952. The summed E-state index contributed by atoms with van der Waals surface area (Å²) in [6.45, 7) is 4.37. The van der Waals surface area contributed by atoms with Crippen molar-refractivity contribution in [1.82, 2.24) is 0 Å². The zero-order valence-electron chi connectivity index (χ0n) is 24.4. The van der Waals surface area contributed by atoms with Gasteiger partial charge in [0.15, 0.2) is 0 Å². The van der Waals surface area contributed by atoms with Gasteiger partial charge in [-0.1, -0.05) is 147 Å². The van der Waals surface area contributed by atoms with Crippen molar-refractivity contribution in [3.8, 4) is 0 Å². The molecule has 0 fully saturated rings. The lowest BCUT2D eigenvalue weighted by atomic mass is 10.0. The predicted molar refractivity (Wildman–Crippen MR) is 186 cm³/mol. The van der Waals surface area contributed by atoms with Gasteiger partial charge < -0.3 is 0 Å². The van der Waals surface area contributed by atoms with Crippen LogP contribution in [0.25, 0.3) is 58.0 Å². The summed E-state index contributed by atoms with van der Waals surface area (Å²) in [5.41, 5.74) is 10.0. The zero-order chi connectivity index (χ0) is 28.7. The number of benzene rings is 6. The van der Waals surface area contributed by atoms with Crippen molar-refractivity contribution >= 4 is 58.0 Å². The van der Waals surface area contributed by atoms with Crippen molar-refractivity contribution in [2.45, 2.75) is 26.7 Å². The average Bonchev–Trinajstić information content (AvgIpc) is 3.05. The molecule has 0 aromatic heterocycles. The Hall–Kier alpha value is -4.94. The minimum atomic E-state index is 1.07. The van der Waals surface area contributed by atoms with Crippen molar-refractivity contribution < 1.29 is 0 Å². The summed E-state index contributed by atoms with van der Waals surface area (Å²) in [6, 6.07) is 44.3. The fourth-order valence-electron chi connectivity index (χ4n) is 5.29. The van der Waals surface area contributed by atoms with E-state index in [9.17, 15) is 0 Å². The molecule has 6 rings (SSSR count). The number of aryl methyl sites for hydroxylation is 2. The van der Waals surface area contributed by atoms with Gasteiger partial charge in [0.25, 0.3) is 0 Å². The summed E-state index contributed by atoms with van der Waals surface area (Å²) in [5, 5.41) is 5.01. The van der Waals surface area contributed by atoms with Crippen LogP contribution in [0.3, 0.4) is 0 Å². The Kier molecular flexibility index (Phi) is 8.24. The van der Waals surface area contributed by atoms with Gasteiger partial charge in [0.2, 0.25) is 0 Å². The van der Waals surface area contributed by atoms with Gasteiger partial charge in [-0.15, -0.1) is 0 Å². The second-order valence-electron chi connectivity index (χ2n) is 10.9. The lowest BCUT2D eigenvalue weighted by Crippen LogP contribution is -1.81. The first kappa shape index (κ1) is 27.2. The molecule has 0 aliphatic heterocycles. The van der Waals surface area contributed by atoms with Crippen molar-refractivity contribution in [2.24, 2.45) is 0 Å². The lowest BCUT2D eigenvalue weighted by molar-refractivity contribution is 1.14. The minimum absolute atomic E-state index is 1.07. The lowest BCUT2D eigenvalue weighted by Gasteiger charge is -2.04. The second-order valence-corrected chi connectivity index (χ2v) is 10.9. The maximum absolute atomic E-state index is 2.26. The molecule has 0 heteroatoms. The van der Waals surface area contributed by atoms with Crippen molar-refractivity contribution in [1.29, 1.82) is 0 Å². The van der Waals surface area contributed by atoms with E-state index in [0.29, 0.717) is 0 Å². The molecule has 0 saturated heterocycles. The third-order valence-electron chi connectivity index (χ3n) is 7.96. The number of fused-ring (bicyclic) bond motifs is 2. The van der Waals surface area contributed by atoms with Crippen LogP contribution in [0.5, 0.6) is 0 Å². The zero-order valence-corrected chi connectivity index (χ0v) is 24.4. The van der Waals surface area contributed by atoms with Gasteiger partial charge in [0.05, 0.1) is 0 Å². The molecule has 0 spiro atoms. The Morgan fingerprint density at radius 3 is 0.810 bits per heavy atom. The molecule has 6 aromatic rings. The molecular formula is C42H36. The maximum atomic E-state index is 2.26. The van der Waals surface area contributed by atoms with Crippen LogP contribution in [0, 0.1) is 0 Å². The molecule has 6 aromatic carbocycles. The first-order valence-corrected chi connectivity index (χ1v) is 14.9. The minimum Gasteiger partial charge on any atom is -0.0613 e. The van der Waals surface area contributed by atoms with E-state index in [1.165, 1.54) is 66.1 Å². The monoisotopic (exact) mass is 540 g/mol. The summed E-state index contributed by atoms with van der Waals surface area (Å²) >= 11 is 0. The molecule has 0 nitrogen and oxygen atoms in total. The van der Waals surface area contributed by atoms with Crippen LogP contribution in [-0.2, 0) is 12.8 Å². The summed E-state index contributed by atoms with van der Waals surface area (Å²) < 4.78 is 0. The third kappa shape index (κ3) is 6.67. The molecule has 42 heavy (non-hydrogen) atoms. The van der Waals surface area contributed by atoms with Gasteiger partial charge >= 0.3 is 0 Å². The van der Waals surface area contributed by atoms with Crippen LogP contribution >= 0.6 is 0 Å². The number of hydrogen-bond acceptors (Lipinski definition) is 0. The molecule has 0 radical (unpaired) electrons. The Morgan fingerprint density at radius 2 is 0.548 bits per heavy atom. The van der Waals surface area contributed by atoms with E-state index >= 15 is 0 Å². The van der Waals surface area contributed by atoms with E-state index in [1.807, 2.05) is 0 Å². The largest absolute Gasteiger partial charge is 0.0613 e. The molecule has 0 aliphatic carbocycles. The molecule has 0 saturated carbocycles. The number of rotatable bonds is 8. The first-order valence-electron chi connectivity index (χ1n) is 14.9. The van der Waals surface area contributed by atoms with Gasteiger partial charge in [-0.3, -0.25) is 0 Å².